The van der Waals surface area contributed by atoms with Crippen molar-refractivity contribution in [3.05, 3.63) is 30.3 Å². The SMILES string of the molecule is COc1cc(S(=O)(=O)O)c(O)c2ccccc12. The molecule has 0 saturated carbocycles. The maximum atomic E-state index is 11.1. The van der Waals surface area contributed by atoms with Gasteiger partial charge in [0, 0.05) is 16.8 Å². The third kappa shape index (κ3) is 1.92. The smallest absolute Gasteiger partial charge is 0.298 e. The highest BCUT2D eigenvalue weighted by Crippen LogP contribution is 2.37. The van der Waals surface area contributed by atoms with Crippen molar-refractivity contribution in [1.29, 1.82) is 0 Å². The molecule has 0 heterocycles. The molecule has 2 N–H and O–H groups in total. The minimum Gasteiger partial charge on any atom is -0.506 e. The minimum absolute atomic E-state index is 0.269. The van der Waals surface area contributed by atoms with Crippen molar-refractivity contribution in [2.24, 2.45) is 0 Å². The van der Waals surface area contributed by atoms with Gasteiger partial charge in [-0.25, -0.2) is 0 Å². The van der Waals surface area contributed by atoms with Gasteiger partial charge in [0.15, 0.2) is 0 Å². The molecule has 0 atom stereocenters. The number of phenols is 1. The van der Waals surface area contributed by atoms with Crippen LogP contribution in [0.5, 0.6) is 11.5 Å². The number of rotatable bonds is 2. The molecule has 0 aliphatic carbocycles. The van der Waals surface area contributed by atoms with Crippen molar-refractivity contribution in [1.82, 2.24) is 0 Å². The van der Waals surface area contributed by atoms with Crippen LogP contribution in [-0.2, 0) is 10.1 Å². The fraction of sp³-hybridized carbons (Fsp3) is 0.0909. The van der Waals surface area contributed by atoms with Crippen LogP contribution >= 0.6 is 0 Å². The highest BCUT2D eigenvalue weighted by atomic mass is 32.2. The summed E-state index contributed by atoms with van der Waals surface area (Å²) in [6.07, 6.45) is 0. The molecule has 2 aromatic carbocycles. The zero-order valence-electron chi connectivity index (χ0n) is 8.91. The fourth-order valence-electron chi connectivity index (χ4n) is 1.67. The highest BCUT2D eigenvalue weighted by molar-refractivity contribution is 7.86. The van der Waals surface area contributed by atoms with Crippen molar-refractivity contribution in [2.45, 2.75) is 4.90 Å². The summed E-state index contributed by atoms with van der Waals surface area (Å²) in [5.41, 5.74) is 0. The Hall–Kier alpha value is -1.79. The van der Waals surface area contributed by atoms with E-state index in [1.165, 1.54) is 7.11 Å². The van der Waals surface area contributed by atoms with Crippen LogP contribution in [0.3, 0.4) is 0 Å². The molecule has 0 unspecified atom stereocenters. The van der Waals surface area contributed by atoms with Crippen molar-refractivity contribution in [2.75, 3.05) is 7.11 Å². The Morgan fingerprint density at radius 3 is 2.29 bits per heavy atom. The summed E-state index contributed by atoms with van der Waals surface area (Å²) in [6, 6.07) is 7.70. The Balaban J connectivity index is 2.95. The molecular weight excluding hydrogens is 244 g/mol. The molecule has 0 aliphatic rings. The van der Waals surface area contributed by atoms with Gasteiger partial charge in [0.25, 0.3) is 10.1 Å². The second kappa shape index (κ2) is 3.90. The monoisotopic (exact) mass is 254 g/mol. The van der Waals surface area contributed by atoms with Crippen LogP contribution < -0.4 is 4.74 Å². The minimum atomic E-state index is -4.49. The van der Waals surface area contributed by atoms with E-state index in [1.807, 2.05) is 0 Å². The highest BCUT2D eigenvalue weighted by Gasteiger charge is 2.20. The summed E-state index contributed by atoms with van der Waals surface area (Å²) >= 11 is 0. The van der Waals surface area contributed by atoms with Crippen LogP contribution in [0.1, 0.15) is 0 Å². The Morgan fingerprint density at radius 2 is 1.76 bits per heavy atom. The standard InChI is InChI=1S/C11H10O5S/c1-16-9-6-10(17(13,14)15)11(12)8-5-3-2-4-7(8)9/h2-6,12H,1H3,(H,13,14,15). The van der Waals surface area contributed by atoms with Crippen molar-refractivity contribution in [3.63, 3.8) is 0 Å². The first-order valence-electron chi connectivity index (χ1n) is 4.71. The molecule has 5 nitrogen and oxygen atoms in total. The first kappa shape index (κ1) is 11.7. The molecule has 17 heavy (non-hydrogen) atoms. The average Bonchev–Trinajstić information content (AvgIpc) is 2.28. The number of phenolic OH excluding ortho intramolecular Hbond substituents is 1. The van der Waals surface area contributed by atoms with Gasteiger partial charge in [-0.2, -0.15) is 8.42 Å². The average molecular weight is 254 g/mol. The van der Waals surface area contributed by atoms with Gasteiger partial charge < -0.3 is 9.84 Å². The van der Waals surface area contributed by atoms with Crippen LogP contribution in [0, 0.1) is 0 Å². The number of fused-ring (bicyclic) bond motifs is 1. The topological polar surface area (TPSA) is 83.8 Å². The lowest BCUT2D eigenvalue weighted by Gasteiger charge is -2.10. The third-order valence-electron chi connectivity index (χ3n) is 2.44. The van der Waals surface area contributed by atoms with Crippen LogP contribution in [0.2, 0.25) is 0 Å². The number of methoxy groups -OCH3 is 1. The second-order valence-corrected chi connectivity index (χ2v) is 4.84. The lowest BCUT2D eigenvalue weighted by atomic mass is 10.1. The van der Waals surface area contributed by atoms with Gasteiger partial charge in [0.2, 0.25) is 0 Å². The predicted octanol–water partition coefficient (Wildman–Crippen LogP) is 1.80. The van der Waals surface area contributed by atoms with E-state index in [2.05, 4.69) is 0 Å². The normalized spacial score (nSPS) is 11.6. The number of hydrogen-bond donors (Lipinski definition) is 2. The fourth-order valence-corrected chi connectivity index (χ4v) is 2.28. The van der Waals surface area contributed by atoms with E-state index >= 15 is 0 Å². The molecule has 0 bridgehead atoms. The van der Waals surface area contributed by atoms with E-state index < -0.39 is 20.8 Å². The summed E-state index contributed by atoms with van der Waals surface area (Å²) in [4.78, 5) is -0.562. The first-order chi connectivity index (χ1) is 7.95. The number of hydrogen-bond acceptors (Lipinski definition) is 4. The zero-order valence-corrected chi connectivity index (χ0v) is 9.73. The van der Waals surface area contributed by atoms with E-state index in [0.717, 1.165) is 6.07 Å². The molecule has 2 aromatic rings. The van der Waals surface area contributed by atoms with E-state index in [4.69, 9.17) is 9.29 Å². The van der Waals surface area contributed by atoms with Crippen LogP contribution in [0.4, 0.5) is 0 Å². The van der Waals surface area contributed by atoms with Gasteiger partial charge in [0.1, 0.15) is 16.4 Å². The predicted molar refractivity (Wildman–Crippen MR) is 62.0 cm³/mol. The van der Waals surface area contributed by atoms with Gasteiger partial charge in [-0.3, -0.25) is 4.55 Å². The van der Waals surface area contributed by atoms with E-state index in [9.17, 15) is 13.5 Å². The molecule has 0 aliphatic heterocycles. The quantitative estimate of drug-likeness (QED) is 0.798. The summed E-state index contributed by atoms with van der Waals surface area (Å²) in [5.74, 6) is -0.213. The van der Waals surface area contributed by atoms with Crippen LogP contribution in [0.15, 0.2) is 35.2 Å². The first-order valence-corrected chi connectivity index (χ1v) is 6.15. The van der Waals surface area contributed by atoms with E-state index in [-0.39, 0.29) is 5.75 Å². The number of benzene rings is 2. The second-order valence-electron chi connectivity index (χ2n) is 3.45. The Kier molecular flexibility index (Phi) is 2.68. The molecule has 0 radical (unpaired) electrons. The largest absolute Gasteiger partial charge is 0.506 e. The third-order valence-corrected chi connectivity index (χ3v) is 3.31. The van der Waals surface area contributed by atoms with Gasteiger partial charge in [-0.1, -0.05) is 24.3 Å². The van der Waals surface area contributed by atoms with Crippen molar-refractivity contribution < 1.29 is 22.8 Å². The molecular formula is C11H10O5S. The van der Waals surface area contributed by atoms with Crippen molar-refractivity contribution in [3.8, 4) is 11.5 Å². The lowest BCUT2D eigenvalue weighted by Crippen LogP contribution is -2.00. The molecule has 6 heteroatoms. The molecule has 0 amide bonds. The maximum Gasteiger partial charge on any atom is 0.298 e. The summed E-state index contributed by atoms with van der Waals surface area (Å²) < 4.78 is 36.2. The lowest BCUT2D eigenvalue weighted by molar-refractivity contribution is 0.412. The summed E-state index contributed by atoms with van der Waals surface area (Å²) in [6.45, 7) is 0. The summed E-state index contributed by atoms with van der Waals surface area (Å²) in [7, 11) is -3.11. The maximum absolute atomic E-state index is 11.1. The van der Waals surface area contributed by atoms with Crippen molar-refractivity contribution >= 4 is 20.9 Å². The molecule has 90 valence electrons. The Labute approximate surface area is 98.0 Å². The van der Waals surface area contributed by atoms with Gasteiger partial charge in [-0.05, 0) is 0 Å². The summed E-state index contributed by atoms with van der Waals surface area (Å²) in [5, 5.41) is 10.7. The van der Waals surface area contributed by atoms with Crippen LogP contribution in [-0.4, -0.2) is 25.2 Å². The van der Waals surface area contributed by atoms with Crippen LogP contribution in [0.25, 0.3) is 10.8 Å². The molecule has 0 aromatic heterocycles. The number of ether oxygens (including phenoxy) is 1. The van der Waals surface area contributed by atoms with Gasteiger partial charge in [0.05, 0.1) is 7.11 Å². The van der Waals surface area contributed by atoms with Gasteiger partial charge in [-0.15, -0.1) is 0 Å². The van der Waals surface area contributed by atoms with Gasteiger partial charge >= 0.3 is 0 Å². The molecule has 0 spiro atoms. The number of aromatic hydroxyl groups is 1. The Morgan fingerprint density at radius 1 is 1.18 bits per heavy atom. The Bertz CT molecular complexity index is 676. The molecule has 0 saturated heterocycles. The van der Waals surface area contributed by atoms with E-state index in [0.29, 0.717) is 10.8 Å². The zero-order chi connectivity index (χ0) is 12.6. The molecule has 2 rings (SSSR count). The molecule has 0 fully saturated rings. The van der Waals surface area contributed by atoms with E-state index in [1.54, 1.807) is 24.3 Å².